The molecule has 0 saturated carbocycles. The van der Waals surface area contributed by atoms with Crippen molar-refractivity contribution in [1.82, 2.24) is 9.88 Å². The molecule has 1 aromatic carbocycles. The van der Waals surface area contributed by atoms with E-state index in [2.05, 4.69) is 10.3 Å². The van der Waals surface area contributed by atoms with Gasteiger partial charge in [-0.05, 0) is 32.0 Å². The smallest absolute Gasteiger partial charge is 0.240 e. The summed E-state index contributed by atoms with van der Waals surface area (Å²) in [4.78, 5) is 18.2. The van der Waals surface area contributed by atoms with E-state index in [1.807, 2.05) is 48.5 Å². The minimum Gasteiger partial charge on any atom is -0.496 e. The second kappa shape index (κ2) is 7.91. The van der Waals surface area contributed by atoms with Crippen LogP contribution in [0.3, 0.4) is 0 Å². The van der Waals surface area contributed by atoms with Crippen molar-refractivity contribution < 1.29 is 9.53 Å². The highest BCUT2D eigenvalue weighted by molar-refractivity contribution is 7.13. The van der Waals surface area contributed by atoms with E-state index < -0.39 is 0 Å². The Labute approximate surface area is 134 Å². The molecule has 0 aliphatic carbocycles. The van der Waals surface area contributed by atoms with Crippen LogP contribution >= 0.6 is 11.3 Å². The molecule has 2 aromatic rings. The topological polar surface area (TPSA) is 54.5 Å². The maximum Gasteiger partial charge on any atom is 0.240 e. The number of anilines is 1. The molecule has 22 heavy (non-hydrogen) atoms. The lowest BCUT2D eigenvalue weighted by molar-refractivity contribution is -0.117. The molecule has 0 spiro atoms. The largest absolute Gasteiger partial charge is 0.496 e. The Morgan fingerprint density at radius 3 is 2.86 bits per heavy atom. The van der Waals surface area contributed by atoms with E-state index in [4.69, 9.17) is 4.74 Å². The minimum atomic E-state index is -0.0446. The summed E-state index contributed by atoms with van der Waals surface area (Å²) in [7, 11) is 3.61. The summed E-state index contributed by atoms with van der Waals surface area (Å²) in [5, 5.41) is 5.39. The van der Waals surface area contributed by atoms with E-state index in [-0.39, 0.29) is 5.91 Å². The predicted octanol–water partition coefficient (Wildman–Crippen LogP) is 2.57. The highest BCUT2D eigenvalue weighted by Gasteiger charge is 2.10. The van der Waals surface area contributed by atoms with Gasteiger partial charge in [-0.2, -0.15) is 0 Å². The fraction of sp³-hybridized carbons (Fsp3) is 0.375. The molecule has 0 fully saturated rings. The second-order valence-electron chi connectivity index (χ2n) is 5.14. The molecule has 0 atom stereocenters. The summed E-state index contributed by atoms with van der Waals surface area (Å²) in [6.45, 7) is 3.03. The van der Waals surface area contributed by atoms with Crippen molar-refractivity contribution in [2.75, 3.05) is 32.6 Å². The summed E-state index contributed by atoms with van der Waals surface area (Å²) < 4.78 is 5.34. The van der Waals surface area contributed by atoms with Gasteiger partial charge >= 0.3 is 0 Å². The van der Waals surface area contributed by atoms with Gasteiger partial charge in [-0.3, -0.25) is 9.69 Å². The Kier molecular flexibility index (Phi) is 5.91. The summed E-state index contributed by atoms with van der Waals surface area (Å²) >= 11 is 1.44. The molecule has 0 radical (unpaired) electrons. The third kappa shape index (κ3) is 4.82. The van der Waals surface area contributed by atoms with Crippen molar-refractivity contribution in [1.29, 1.82) is 0 Å². The predicted molar refractivity (Wildman–Crippen MR) is 89.7 cm³/mol. The number of benzene rings is 1. The molecule has 0 saturated heterocycles. The van der Waals surface area contributed by atoms with Crippen LogP contribution in [0.5, 0.6) is 5.75 Å². The van der Waals surface area contributed by atoms with Crippen LogP contribution in [0.4, 0.5) is 5.13 Å². The van der Waals surface area contributed by atoms with Crippen molar-refractivity contribution in [3.63, 3.8) is 0 Å². The van der Waals surface area contributed by atoms with Gasteiger partial charge in [-0.25, -0.2) is 4.98 Å². The average Bonchev–Trinajstić information content (AvgIpc) is 2.90. The third-order valence-electron chi connectivity index (χ3n) is 3.23. The normalized spacial score (nSPS) is 10.7. The average molecular weight is 319 g/mol. The quantitative estimate of drug-likeness (QED) is 0.852. The SMILES string of the molecule is COc1ccccc1CCN(C)CC(=O)Nc1nc(C)cs1. The van der Waals surface area contributed by atoms with E-state index in [9.17, 15) is 4.79 Å². The highest BCUT2D eigenvalue weighted by Crippen LogP contribution is 2.18. The molecule has 6 heteroatoms. The molecule has 0 aliphatic heterocycles. The number of likely N-dealkylation sites (N-methyl/N-ethyl adjacent to an activating group) is 1. The first-order valence-corrected chi connectivity index (χ1v) is 7.99. The summed E-state index contributed by atoms with van der Waals surface area (Å²) in [6.07, 6.45) is 0.837. The molecular formula is C16H21N3O2S. The number of hydrogen-bond donors (Lipinski definition) is 1. The van der Waals surface area contributed by atoms with Crippen LogP contribution in [0.1, 0.15) is 11.3 Å². The van der Waals surface area contributed by atoms with Crippen LogP contribution in [0.2, 0.25) is 0 Å². The van der Waals surface area contributed by atoms with Gasteiger partial charge in [0.1, 0.15) is 5.75 Å². The number of aryl methyl sites for hydroxylation is 1. The molecule has 1 N–H and O–H groups in total. The summed E-state index contributed by atoms with van der Waals surface area (Å²) in [5.74, 6) is 0.843. The summed E-state index contributed by atoms with van der Waals surface area (Å²) in [5.41, 5.74) is 2.07. The summed E-state index contributed by atoms with van der Waals surface area (Å²) in [6, 6.07) is 7.95. The molecular weight excluding hydrogens is 298 g/mol. The van der Waals surface area contributed by atoms with Gasteiger partial charge in [0.15, 0.2) is 5.13 Å². The molecule has 1 heterocycles. The number of rotatable bonds is 7. The van der Waals surface area contributed by atoms with Gasteiger partial charge < -0.3 is 10.1 Å². The van der Waals surface area contributed by atoms with E-state index in [1.54, 1.807) is 7.11 Å². The van der Waals surface area contributed by atoms with Crippen molar-refractivity contribution in [3.8, 4) is 5.75 Å². The molecule has 2 rings (SSSR count). The standard InChI is InChI=1S/C16H21N3O2S/c1-12-11-22-16(17-12)18-15(20)10-19(2)9-8-13-6-4-5-7-14(13)21-3/h4-7,11H,8-10H2,1-3H3,(H,17,18,20). The molecule has 1 amide bonds. The number of ether oxygens (including phenoxy) is 1. The van der Waals surface area contributed by atoms with Crippen molar-refractivity contribution in [2.45, 2.75) is 13.3 Å². The lowest BCUT2D eigenvalue weighted by Crippen LogP contribution is -2.31. The molecule has 1 aromatic heterocycles. The van der Waals surface area contributed by atoms with Crippen LogP contribution in [0.25, 0.3) is 0 Å². The fourth-order valence-corrected chi connectivity index (χ4v) is 2.82. The van der Waals surface area contributed by atoms with E-state index in [0.29, 0.717) is 11.7 Å². The van der Waals surface area contributed by atoms with E-state index in [0.717, 1.165) is 30.0 Å². The lowest BCUT2D eigenvalue weighted by atomic mass is 10.1. The highest BCUT2D eigenvalue weighted by atomic mass is 32.1. The van der Waals surface area contributed by atoms with Crippen LogP contribution < -0.4 is 10.1 Å². The maximum absolute atomic E-state index is 12.0. The number of hydrogen-bond acceptors (Lipinski definition) is 5. The first-order valence-electron chi connectivity index (χ1n) is 7.11. The Morgan fingerprint density at radius 1 is 1.41 bits per heavy atom. The van der Waals surface area contributed by atoms with Gasteiger partial charge in [0, 0.05) is 11.9 Å². The fourth-order valence-electron chi connectivity index (χ4n) is 2.12. The van der Waals surface area contributed by atoms with Gasteiger partial charge in [0.2, 0.25) is 5.91 Å². The van der Waals surface area contributed by atoms with Crippen LogP contribution in [0, 0.1) is 6.92 Å². The monoisotopic (exact) mass is 319 g/mol. The zero-order valence-corrected chi connectivity index (χ0v) is 13.9. The maximum atomic E-state index is 12.0. The van der Waals surface area contributed by atoms with E-state index >= 15 is 0 Å². The first-order chi connectivity index (χ1) is 10.6. The molecule has 5 nitrogen and oxygen atoms in total. The molecule has 118 valence electrons. The third-order valence-corrected chi connectivity index (χ3v) is 4.11. The van der Waals surface area contributed by atoms with Crippen LogP contribution in [-0.2, 0) is 11.2 Å². The first kappa shape index (κ1) is 16.5. The molecule has 0 bridgehead atoms. The zero-order chi connectivity index (χ0) is 15.9. The number of carbonyl (C=O) groups is 1. The van der Waals surface area contributed by atoms with Crippen LogP contribution in [0.15, 0.2) is 29.6 Å². The molecule has 0 aliphatic rings. The van der Waals surface area contributed by atoms with Crippen LogP contribution in [-0.4, -0.2) is 43.0 Å². The van der Waals surface area contributed by atoms with Crippen molar-refractivity contribution in [2.24, 2.45) is 0 Å². The number of thiazole rings is 1. The zero-order valence-electron chi connectivity index (χ0n) is 13.1. The van der Waals surface area contributed by atoms with Gasteiger partial charge in [0.25, 0.3) is 0 Å². The van der Waals surface area contributed by atoms with Gasteiger partial charge in [-0.1, -0.05) is 18.2 Å². The Morgan fingerprint density at radius 2 is 2.18 bits per heavy atom. The number of aromatic nitrogens is 1. The Hall–Kier alpha value is -1.92. The number of nitrogens with zero attached hydrogens (tertiary/aromatic N) is 2. The minimum absolute atomic E-state index is 0.0446. The second-order valence-corrected chi connectivity index (χ2v) is 6.00. The van der Waals surface area contributed by atoms with Crippen molar-refractivity contribution in [3.05, 3.63) is 40.9 Å². The van der Waals surface area contributed by atoms with Crippen molar-refractivity contribution >= 4 is 22.4 Å². The number of nitrogens with one attached hydrogen (secondary N) is 1. The van der Waals surface area contributed by atoms with Gasteiger partial charge in [-0.15, -0.1) is 11.3 Å². The number of methoxy groups -OCH3 is 1. The number of amides is 1. The number of carbonyl (C=O) groups excluding carboxylic acids is 1. The Balaban J connectivity index is 1.80. The number of para-hydroxylation sites is 1. The van der Waals surface area contributed by atoms with E-state index in [1.165, 1.54) is 11.3 Å². The van der Waals surface area contributed by atoms with Gasteiger partial charge in [0.05, 0.1) is 19.3 Å². The molecule has 0 unspecified atom stereocenters. The lowest BCUT2D eigenvalue weighted by Gasteiger charge is -2.16. The Bertz CT molecular complexity index is 627.